The van der Waals surface area contributed by atoms with Gasteiger partial charge in [-0.2, -0.15) is 4.57 Å². The van der Waals surface area contributed by atoms with Gasteiger partial charge in [-0.05, 0) is 43.7 Å². The van der Waals surface area contributed by atoms with E-state index < -0.39 is 0 Å². The second-order valence-electron chi connectivity index (χ2n) is 11.0. The fourth-order valence-electron chi connectivity index (χ4n) is 4.96. The van der Waals surface area contributed by atoms with Crippen molar-refractivity contribution in [2.24, 2.45) is 0 Å². The molecule has 3 rings (SSSR count). The molecule has 1 amide bonds. The molecule has 0 saturated carbocycles. The number of benzene rings is 2. The third-order valence-corrected chi connectivity index (χ3v) is 8.18. The van der Waals surface area contributed by atoms with E-state index >= 15 is 0 Å². The maximum atomic E-state index is 12.6. The van der Waals surface area contributed by atoms with Gasteiger partial charge in [0.25, 0.3) is 5.91 Å². The Morgan fingerprint density at radius 3 is 1.90 bits per heavy atom. The molecule has 0 aliphatic carbocycles. The highest BCUT2D eigenvalue weighted by Crippen LogP contribution is 2.19. The molecule has 0 aliphatic heterocycles. The number of amides is 1. The fraction of sp³-hybridized carbons (Fsp3) is 0.543. The molecule has 41 heavy (non-hydrogen) atoms. The normalized spacial score (nSPS) is 11.0. The van der Waals surface area contributed by atoms with Crippen LogP contribution in [0.3, 0.4) is 0 Å². The number of carbonyl (C=O) groups excluding carboxylic acids is 1. The summed E-state index contributed by atoms with van der Waals surface area (Å²) in [5, 5.41) is 2.99. The molecule has 0 aliphatic rings. The van der Waals surface area contributed by atoms with Crippen LogP contribution in [0.5, 0.6) is 11.5 Å². The van der Waals surface area contributed by atoms with Gasteiger partial charge in [-0.3, -0.25) is 4.79 Å². The van der Waals surface area contributed by atoms with Crippen LogP contribution in [0.2, 0.25) is 0 Å². The molecule has 2 aromatic carbocycles. The van der Waals surface area contributed by atoms with Crippen LogP contribution >= 0.6 is 11.3 Å². The van der Waals surface area contributed by atoms with Gasteiger partial charge in [0.15, 0.2) is 19.3 Å². The van der Waals surface area contributed by atoms with E-state index in [1.54, 1.807) is 11.3 Å². The Morgan fingerprint density at radius 2 is 1.32 bits per heavy atom. The fourth-order valence-corrected chi connectivity index (χ4v) is 5.59. The number of hydrogen-bond donors (Lipinski definition) is 1. The number of thiazole rings is 1. The molecule has 0 radical (unpaired) electrons. The van der Waals surface area contributed by atoms with E-state index in [-0.39, 0.29) is 12.5 Å². The number of hydrogen-bond acceptors (Lipinski definition) is 4. The van der Waals surface area contributed by atoms with Crippen LogP contribution in [0, 0.1) is 6.92 Å². The summed E-state index contributed by atoms with van der Waals surface area (Å²) >= 11 is 1.71. The third kappa shape index (κ3) is 14.0. The number of carbonyl (C=O) groups is 1. The first kappa shape index (κ1) is 32.7. The van der Waals surface area contributed by atoms with Crippen LogP contribution in [0.1, 0.15) is 107 Å². The van der Waals surface area contributed by atoms with Crippen LogP contribution < -0.4 is 19.4 Å². The van der Waals surface area contributed by atoms with E-state index in [1.165, 1.54) is 88.3 Å². The smallest absolute Gasteiger partial charge is 0.262 e. The summed E-state index contributed by atoms with van der Waals surface area (Å²) in [7, 11) is 0. The van der Waals surface area contributed by atoms with E-state index in [1.807, 2.05) is 48.5 Å². The van der Waals surface area contributed by atoms with E-state index in [0.29, 0.717) is 12.3 Å². The minimum absolute atomic E-state index is 0.0434. The van der Waals surface area contributed by atoms with E-state index in [2.05, 4.69) is 35.4 Å². The Kier molecular flexibility index (Phi) is 16.0. The summed E-state index contributed by atoms with van der Waals surface area (Å²) in [6, 6.07) is 15.4. The summed E-state index contributed by atoms with van der Waals surface area (Å²) in [6.07, 6.45) is 21.1. The summed E-state index contributed by atoms with van der Waals surface area (Å²) in [5.41, 5.74) is 3.96. The number of anilines is 1. The van der Waals surface area contributed by atoms with E-state index in [9.17, 15) is 4.79 Å². The van der Waals surface area contributed by atoms with Crippen molar-refractivity contribution >= 4 is 22.9 Å². The predicted octanol–water partition coefficient (Wildman–Crippen LogP) is 9.27. The second kappa shape index (κ2) is 20.1. The van der Waals surface area contributed by atoms with Crippen molar-refractivity contribution in [3.8, 4) is 11.5 Å². The van der Waals surface area contributed by atoms with Crippen molar-refractivity contribution in [2.45, 2.75) is 110 Å². The van der Waals surface area contributed by atoms with Gasteiger partial charge in [-0.1, -0.05) is 120 Å². The minimum atomic E-state index is -0.179. The van der Waals surface area contributed by atoms with Crippen molar-refractivity contribution in [2.75, 3.05) is 18.5 Å². The summed E-state index contributed by atoms with van der Waals surface area (Å²) in [6.45, 7) is 5.78. The molecule has 5 nitrogen and oxygen atoms in total. The van der Waals surface area contributed by atoms with Crippen molar-refractivity contribution in [3.05, 3.63) is 70.7 Å². The average Bonchev–Trinajstić information content (AvgIpc) is 3.40. The molecule has 0 fully saturated rings. The molecule has 0 unspecified atom stereocenters. The monoisotopic (exact) mass is 579 g/mol. The second-order valence-corrected chi connectivity index (χ2v) is 12.1. The number of aromatic nitrogens is 1. The van der Waals surface area contributed by atoms with Crippen LogP contribution in [-0.4, -0.2) is 19.1 Å². The summed E-state index contributed by atoms with van der Waals surface area (Å²) in [4.78, 5) is 13.8. The first-order valence-electron chi connectivity index (χ1n) is 15.8. The van der Waals surface area contributed by atoms with Gasteiger partial charge in [0, 0.05) is 5.56 Å². The Morgan fingerprint density at radius 1 is 0.756 bits per heavy atom. The molecule has 0 atom stereocenters. The molecule has 0 bridgehead atoms. The Balaban J connectivity index is 1.21. The Bertz CT molecular complexity index is 1110. The lowest BCUT2D eigenvalue weighted by molar-refractivity contribution is -0.683. The van der Waals surface area contributed by atoms with Crippen molar-refractivity contribution < 1.29 is 18.8 Å². The van der Waals surface area contributed by atoms with Gasteiger partial charge in [0.1, 0.15) is 11.5 Å². The number of nitrogens with zero attached hydrogens (tertiary/aromatic N) is 1. The molecule has 1 N–H and O–H groups in total. The largest absolute Gasteiger partial charge is 0.494 e. The molecule has 0 saturated heterocycles. The first-order valence-corrected chi connectivity index (χ1v) is 16.7. The number of unbranched alkanes of at least 4 members (excludes halogenated alkanes) is 13. The summed E-state index contributed by atoms with van der Waals surface area (Å²) < 4.78 is 13.7. The lowest BCUT2D eigenvalue weighted by Gasteiger charge is -2.11. The van der Waals surface area contributed by atoms with Gasteiger partial charge < -0.3 is 14.8 Å². The van der Waals surface area contributed by atoms with Crippen LogP contribution in [0.25, 0.3) is 0 Å². The zero-order chi connectivity index (χ0) is 29.0. The molecule has 6 heteroatoms. The number of rotatable bonds is 22. The van der Waals surface area contributed by atoms with Gasteiger partial charge in [-0.25, -0.2) is 0 Å². The van der Waals surface area contributed by atoms with Gasteiger partial charge in [-0.15, -0.1) is 0 Å². The maximum absolute atomic E-state index is 12.6. The lowest BCUT2D eigenvalue weighted by Crippen LogP contribution is -2.31. The van der Waals surface area contributed by atoms with Crippen molar-refractivity contribution in [1.29, 1.82) is 0 Å². The number of aryl methyl sites for hydroxylation is 1. The zero-order valence-corrected chi connectivity index (χ0v) is 26.2. The van der Waals surface area contributed by atoms with Gasteiger partial charge in [0.05, 0.1) is 17.2 Å². The van der Waals surface area contributed by atoms with Crippen LogP contribution in [0.4, 0.5) is 5.69 Å². The van der Waals surface area contributed by atoms with Crippen molar-refractivity contribution in [3.63, 3.8) is 0 Å². The van der Waals surface area contributed by atoms with Gasteiger partial charge in [0.2, 0.25) is 5.51 Å². The maximum Gasteiger partial charge on any atom is 0.262 e. The minimum Gasteiger partial charge on any atom is -0.494 e. The predicted molar refractivity (Wildman–Crippen MR) is 171 cm³/mol. The molecule has 0 spiro atoms. The van der Waals surface area contributed by atoms with Crippen LogP contribution in [-0.2, 0) is 11.3 Å². The lowest BCUT2D eigenvalue weighted by atomic mass is 10.0. The topological polar surface area (TPSA) is 51.4 Å². The van der Waals surface area contributed by atoms with Crippen molar-refractivity contribution in [1.82, 2.24) is 0 Å². The average molecular weight is 580 g/mol. The standard InChI is InChI=1S/C35H50N2O3S/c1-3-4-5-6-7-8-9-10-11-12-13-14-15-18-25-39-32-21-23-33(24-22-32)40-28-35(38)36-34-20-17-16-19-31(34)27-37-26-30(2)41-29-37/h16-17,19-24,26,29H,3-15,18,25,27-28H2,1-2H3/p+1. The molecular formula is C35H51N2O3S+. The highest BCUT2D eigenvalue weighted by atomic mass is 32.1. The van der Waals surface area contributed by atoms with Gasteiger partial charge >= 0.3 is 0 Å². The number of nitrogens with one attached hydrogen (secondary N) is 1. The third-order valence-electron chi connectivity index (χ3n) is 7.33. The van der Waals surface area contributed by atoms with E-state index in [4.69, 9.17) is 9.47 Å². The summed E-state index contributed by atoms with van der Waals surface area (Å²) in [5.74, 6) is 1.32. The highest BCUT2D eigenvalue weighted by molar-refractivity contribution is 7.09. The Hall–Kier alpha value is -2.86. The highest BCUT2D eigenvalue weighted by Gasteiger charge is 2.12. The quantitative estimate of drug-likeness (QED) is 0.0953. The molecule has 1 heterocycles. The van der Waals surface area contributed by atoms with Crippen LogP contribution in [0.15, 0.2) is 60.2 Å². The molecule has 224 valence electrons. The molecule has 3 aromatic rings. The number of ether oxygens (including phenoxy) is 2. The Labute approximate surface area is 252 Å². The number of para-hydroxylation sites is 1. The SMILES string of the molecule is CCCCCCCCCCCCCCCCOc1ccc(OCC(=O)Nc2ccccc2C[n+]2csc(C)c2)cc1. The van der Waals surface area contributed by atoms with E-state index in [0.717, 1.165) is 30.0 Å². The first-order chi connectivity index (χ1) is 20.1. The molecular weight excluding hydrogens is 528 g/mol. The molecule has 1 aromatic heterocycles. The zero-order valence-electron chi connectivity index (χ0n) is 25.4.